The van der Waals surface area contributed by atoms with Gasteiger partial charge in [-0.2, -0.15) is 0 Å². The molecule has 1 heterocycles. The molecular weight excluding hydrogens is 276 g/mol. The zero-order valence-electron chi connectivity index (χ0n) is 11.7. The molecule has 2 aromatic rings. The highest BCUT2D eigenvalue weighted by Crippen LogP contribution is 2.24. The molecule has 20 heavy (non-hydrogen) atoms. The zero-order chi connectivity index (χ0) is 14.7. The van der Waals surface area contributed by atoms with Crippen molar-refractivity contribution in [3.05, 3.63) is 46.5 Å². The molecule has 0 spiro atoms. The lowest BCUT2D eigenvalue weighted by Crippen LogP contribution is -2.21. The number of hydrogen-bond acceptors (Lipinski definition) is 3. The first-order chi connectivity index (χ1) is 9.49. The van der Waals surface area contributed by atoms with Crippen molar-refractivity contribution in [2.75, 3.05) is 19.4 Å². The molecule has 1 aromatic heterocycles. The Bertz CT molecular complexity index is 621. The van der Waals surface area contributed by atoms with Crippen LogP contribution in [0.25, 0.3) is 0 Å². The van der Waals surface area contributed by atoms with Crippen LogP contribution in [0.5, 0.6) is 0 Å². The van der Waals surface area contributed by atoms with E-state index in [4.69, 9.17) is 11.6 Å². The predicted molar refractivity (Wildman–Crippen MR) is 80.1 cm³/mol. The van der Waals surface area contributed by atoms with Crippen LogP contribution in [0.1, 0.15) is 21.7 Å². The molecule has 2 rings (SSSR count). The van der Waals surface area contributed by atoms with Crippen molar-refractivity contribution in [1.82, 2.24) is 14.9 Å². The number of nitrogens with one attached hydrogen (secondary N) is 2. The lowest BCUT2D eigenvalue weighted by molar-refractivity contribution is 0.0827. The number of benzene rings is 1. The number of aromatic amines is 1. The fourth-order valence-electron chi connectivity index (χ4n) is 1.80. The number of rotatable bonds is 4. The summed E-state index contributed by atoms with van der Waals surface area (Å²) in [5, 5.41) is 3.78. The van der Waals surface area contributed by atoms with Gasteiger partial charge < -0.3 is 15.2 Å². The second kappa shape index (κ2) is 5.96. The van der Waals surface area contributed by atoms with Gasteiger partial charge in [0.05, 0.1) is 29.3 Å². The topological polar surface area (TPSA) is 61.0 Å². The first kappa shape index (κ1) is 14.4. The zero-order valence-corrected chi connectivity index (χ0v) is 12.5. The van der Waals surface area contributed by atoms with Crippen LogP contribution < -0.4 is 5.32 Å². The van der Waals surface area contributed by atoms with Crippen molar-refractivity contribution >= 4 is 23.2 Å². The second-order valence-corrected chi connectivity index (χ2v) is 5.13. The molecule has 0 aliphatic carbocycles. The Morgan fingerprint density at radius 3 is 2.80 bits per heavy atom. The van der Waals surface area contributed by atoms with Crippen LogP contribution in [0.2, 0.25) is 5.02 Å². The van der Waals surface area contributed by atoms with Crippen LogP contribution in [0.4, 0.5) is 5.69 Å². The number of aryl methyl sites for hydroxylation is 1. The van der Waals surface area contributed by atoms with E-state index < -0.39 is 0 Å². The highest BCUT2D eigenvalue weighted by molar-refractivity contribution is 6.33. The number of H-pyrrole nitrogens is 1. The summed E-state index contributed by atoms with van der Waals surface area (Å²) in [5.74, 6) is -0.0549. The van der Waals surface area contributed by atoms with Crippen LogP contribution in [-0.2, 0) is 6.54 Å². The third kappa shape index (κ3) is 3.11. The Morgan fingerprint density at radius 1 is 1.45 bits per heavy atom. The molecular formula is C14H17ClN4O. The SMILES string of the molecule is Cc1[nH]cnc1CNc1cc(C(=O)N(C)C)ccc1Cl. The Balaban J connectivity index is 2.17. The molecule has 0 radical (unpaired) electrons. The first-order valence-corrected chi connectivity index (χ1v) is 6.60. The van der Waals surface area contributed by atoms with Gasteiger partial charge in [-0.1, -0.05) is 11.6 Å². The summed E-state index contributed by atoms with van der Waals surface area (Å²) in [4.78, 5) is 20.7. The predicted octanol–water partition coefficient (Wildman–Crippen LogP) is 2.69. The van der Waals surface area contributed by atoms with Gasteiger partial charge in [0, 0.05) is 25.4 Å². The molecule has 106 valence electrons. The van der Waals surface area contributed by atoms with Crippen LogP contribution >= 0.6 is 11.6 Å². The van der Waals surface area contributed by atoms with Crippen molar-refractivity contribution in [3.8, 4) is 0 Å². The number of imidazole rings is 1. The molecule has 0 atom stereocenters. The van der Waals surface area contributed by atoms with Crippen LogP contribution in [0.3, 0.4) is 0 Å². The summed E-state index contributed by atoms with van der Waals surface area (Å²) in [6, 6.07) is 5.19. The van der Waals surface area contributed by atoms with E-state index in [1.54, 1.807) is 38.6 Å². The summed E-state index contributed by atoms with van der Waals surface area (Å²) < 4.78 is 0. The van der Waals surface area contributed by atoms with Crippen LogP contribution in [0, 0.1) is 6.92 Å². The average Bonchev–Trinajstić information content (AvgIpc) is 2.82. The number of carbonyl (C=O) groups excluding carboxylic acids is 1. The van der Waals surface area contributed by atoms with E-state index >= 15 is 0 Å². The molecule has 2 N–H and O–H groups in total. The van der Waals surface area contributed by atoms with E-state index in [1.807, 2.05) is 6.92 Å². The Hall–Kier alpha value is -2.01. The van der Waals surface area contributed by atoms with Crippen LogP contribution in [0.15, 0.2) is 24.5 Å². The van der Waals surface area contributed by atoms with E-state index in [0.717, 1.165) is 17.1 Å². The minimum Gasteiger partial charge on any atom is -0.378 e. The van der Waals surface area contributed by atoms with Gasteiger partial charge in [0.1, 0.15) is 0 Å². The van der Waals surface area contributed by atoms with Gasteiger partial charge in [-0.3, -0.25) is 4.79 Å². The number of amides is 1. The molecule has 0 bridgehead atoms. The van der Waals surface area contributed by atoms with E-state index in [2.05, 4.69) is 15.3 Å². The molecule has 1 aromatic carbocycles. The van der Waals surface area contributed by atoms with E-state index in [9.17, 15) is 4.79 Å². The molecule has 0 aliphatic heterocycles. The first-order valence-electron chi connectivity index (χ1n) is 6.23. The summed E-state index contributed by atoms with van der Waals surface area (Å²) >= 11 is 6.14. The number of carbonyl (C=O) groups is 1. The van der Waals surface area contributed by atoms with Crippen molar-refractivity contribution in [1.29, 1.82) is 0 Å². The maximum atomic E-state index is 11.9. The number of nitrogens with zero attached hydrogens (tertiary/aromatic N) is 2. The maximum Gasteiger partial charge on any atom is 0.253 e. The quantitative estimate of drug-likeness (QED) is 0.911. The van der Waals surface area contributed by atoms with Crippen molar-refractivity contribution < 1.29 is 4.79 Å². The molecule has 0 fully saturated rings. The average molecular weight is 293 g/mol. The van der Waals surface area contributed by atoms with Gasteiger partial charge in [-0.05, 0) is 25.1 Å². The lowest BCUT2D eigenvalue weighted by Gasteiger charge is -2.13. The molecule has 0 saturated heterocycles. The Labute approximate surface area is 123 Å². The highest BCUT2D eigenvalue weighted by atomic mass is 35.5. The van der Waals surface area contributed by atoms with Gasteiger partial charge in [0.25, 0.3) is 5.91 Å². The lowest BCUT2D eigenvalue weighted by atomic mass is 10.1. The third-order valence-electron chi connectivity index (χ3n) is 3.00. The third-order valence-corrected chi connectivity index (χ3v) is 3.33. The summed E-state index contributed by atoms with van der Waals surface area (Å²) in [5.41, 5.74) is 3.25. The van der Waals surface area contributed by atoms with E-state index in [-0.39, 0.29) is 5.91 Å². The fraction of sp³-hybridized carbons (Fsp3) is 0.286. The van der Waals surface area contributed by atoms with Gasteiger partial charge in [-0.25, -0.2) is 4.98 Å². The summed E-state index contributed by atoms with van der Waals surface area (Å²) in [6.07, 6.45) is 1.65. The van der Waals surface area contributed by atoms with E-state index in [1.165, 1.54) is 4.90 Å². The molecule has 0 unspecified atom stereocenters. The molecule has 0 saturated carbocycles. The van der Waals surface area contributed by atoms with Crippen molar-refractivity contribution in [2.24, 2.45) is 0 Å². The Kier molecular flexibility index (Phi) is 4.29. The molecule has 1 amide bonds. The normalized spacial score (nSPS) is 10.4. The molecule has 0 aliphatic rings. The van der Waals surface area contributed by atoms with Crippen molar-refractivity contribution in [3.63, 3.8) is 0 Å². The number of hydrogen-bond donors (Lipinski definition) is 2. The maximum absolute atomic E-state index is 11.9. The van der Waals surface area contributed by atoms with Gasteiger partial charge in [0.2, 0.25) is 0 Å². The van der Waals surface area contributed by atoms with Gasteiger partial charge in [0.15, 0.2) is 0 Å². The minimum absolute atomic E-state index is 0.0549. The Morgan fingerprint density at radius 2 is 2.20 bits per heavy atom. The number of aromatic nitrogens is 2. The number of halogens is 1. The van der Waals surface area contributed by atoms with Crippen LogP contribution in [-0.4, -0.2) is 34.9 Å². The van der Waals surface area contributed by atoms with Gasteiger partial charge in [-0.15, -0.1) is 0 Å². The smallest absolute Gasteiger partial charge is 0.253 e. The molecule has 5 nitrogen and oxygen atoms in total. The fourth-order valence-corrected chi connectivity index (χ4v) is 1.98. The second-order valence-electron chi connectivity index (χ2n) is 4.72. The summed E-state index contributed by atoms with van der Waals surface area (Å²) in [7, 11) is 3.44. The standard InChI is InChI=1S/C14H17ClN4O/c1-9-13(18-8-17-9)7-16-12-6-10(4-5-11(12)15)14(20)19(2)3/h4-6,8,16H,7H2,1-3H3,(H,17,18). The van der Waals surface area contributed by atoms with Gasteiger partial charge >= 0.3 is 0 Å². The minimum atomic E-state index is -0.0549. The highest BCUT2D eigenvalue weighted by Gasteiger charge is 2.11. The monoisotopic (exact) mass is 292 g/mol. The molecule has 6 heteroatoms. The van der Waals surface area contributed by atoms with Crippen molar-refractivity contribution in [2.45, 2.75) is 13.5 Å². The summed E-state index contributed by atoms with van der Waals surface area (Å²) in [6.45, 7) is 2.51. The van der Waals surface area contributed by atoms with E-state index in [0.29, 0.717) is 17.1 Å². The largest absolute Gasteiger partial charge is 0.378 e. The number of anilines is 1.